The van der Waals surface area contributed by atoms with Crippen LogP contribution in [0.15, 0.2) is 23.5 Å². The molecule has 1 aromatic rings. The first-order chi connectivity index (χ1) is 24.8. The van der Waals surface area contributed by atoms with Gasteiger partial charge in [-0.05, 0) is 38.2 Å². The van der Waals surface area contributed by atoms with Gasteiger partial charge in [-0.15, -0.1) is 0 Å². The van der Waals surface area contributed by atoms with Crippen LogP contribution in [0, 0.1) is 0 Å². The van der Waals surface area contributed by atoms with Crippen LogP contribution in [-0.2, 0) is 38.4 Å². The van der Waals surface area contributed by atoms with Gasteiger partial charge in [0, 0.05) is 49.0 Å². The molecule has 2 aliphatic heterocycles. The van der Waals surface area contributed by atoms with Crippen molar-refractivity contribution in [2.24, 2.45) is 22.2 Å². The standard InChI is InChI=1S/C30H45N11O9S2/c31-25(46)19-15-52-51-11-7-21(42)37-17(4-1-2-8-35-30(32)33)26(47)36-14-22(43)38-18(12-23(44)45)27(48)40-24(16-6-9-34-13-16)29(50)41-10-3-5-20(41)28(49)39-19/h6,9,13,17-20,24,34H,1-5,7-8,10-12,14-15H2,(H2,31,46)(H,36,47)(H,37,42)(H,38,43)(H,39,49)(H,40,48)(H,44,45)(H4,32,33,35). The fourth-order valence-electron chi connectivity index (χ4n) is 5.41. The number of aliphatic carboxylic acids is 1. The van der Waals surface area contributed by atoms with Gasteiger partial charge in [-0.2, -0.15) is 0 Å². The molecule has 5 atom stereocenters. The molecule has 3 rings (SSSR count). The zero-order valence-corrected chi connectivity index (χ0v) is 29.9. The lowest BCUT2D eigenvalue weighted by Gasteiger charge is -2.30. The van der Waals surface area contributed by atoms with Gasteiger partial charge in [0.25, 0.3) is 5.91 Å². The average Bonchev–Trinajstić information content (AvgIpc) is 3.80. The van der Waals surface area contributed by atoms with E-state index in [0.717, 1.165) is 0 Å². The van der Waals surface area contributed by atoms with Crippen molar-refractivity contribution < 1.29 is 43.5 Å². The van der Waals surface area contributed by atoms with Crippen LogP contribution >= 0.6 is 21.6 Å². The number of nitrogens with one attached hydrogen (secondary N) is 6. The van der Waals surface area contributed by atoms with Gasteiger partial charge in [-0.25, -0.2) is 0 Å². The molecule has 0 aromatic carbocycles. The topological polar surface area (TPSA) is 326 Å². The van der Waals surface area contributed by atoms with E-state index in [9.17, 15) is 43.5 Å². The fraction of sp³-hybridized carbons (Fsp3) is 0.567. The van der Waals surface area contributed by atoms with Crippen LogP contribution in [0.1, 0.15) is 56.6 Å². The zero-order valence-electron chi connectivity index (χ0n) is 28.3. The Labute approximate surface area is 306 Å². The highest BCUT2D eigenvalue weighted by Crippen LogP contribution is 2.26. The Morgan fingerprint density at radius 3 is 2.35 bits per heavy atom. The summed E-state index contributed by atoms with van der Waals surface area (Å²) in [5, 5.41) is 22.0. The Morgan fingerprint density at radius 1 is 0.923 bits per heavy atom. The summed E-state index contributed by atoms with van der Waals surface area (Å²) in [6.45, 7) is -0.232. The highest BCUT2D eigenvalue weighted by atomic mass is 33.1. The first-order valence-electron chi connectivity index (χ1n) is 16.5. The number of carboxylic acid groups (broad SMARTS) is 1. The molecule has 13 N–H and O–H groups in total. The lowest BCUT2D eigenvalue weighted by Crippen LogP contribution is -2.56. The van der Waals surface area contributed by atoms with Gasteiger partial charge in [0.05, 0.1) is 13.0 Å². The van der Waals surface area contributed by atoms with Gasteiger partial charge in [-0.1, -0.05) is 21.6 Å². The predicted octanol–water partition coefficient (Wildman–Crippen LogP) is -3.08. The lowest BCUT2D eigenvalue weighted by atomic mass is 10.1. The number of amides is 7. The first kappa shape index (κ1) is 41.4. The van der Waals surface area contributed by atoms with E-state index in [1.165, 1.54) is 44.9 Å². The molecule has 0 aliphatic carbocycles. The smallest absolute Gasteiger partial charge is 0.305 e. The number of aromatic amines is 1. The third-order valence-corrected chi connectivity index (χ3v) is 10.4. The maximum absolute atomic E-state index is 14.0. The van der Waals surface area contributed by atoms with E-state index in [1.807, 2.05) is 0 Å². The molecule has 1 aromatic heterocycles. The Balaban J connectivity index is 1.87. The Kier molecular flexibility index (Phi) is 16.5. The summed E-state index contributed by atoms with van der Waals surface area (Å²) in [5.74, 6) is -6.43. The van der Waals surface area contributed by atoms with E-state index in [2.05, 4.69) is 36.6 Å². The van der Waals surface area contributed by atoms with Gasteiger partial charge in [0.2, 0.25) is 35.4 Å². The summed E-state index contributed by atoms with van der Waals surface area (Å²) in [5.41, 5.74) is 16.5. The van der Waals surface area contributed by atoms with Crippen molar-refractivity contribution >= 4 is 74.9 Å². The van der Waals surface area contributed by atoms with Gasteiger partial charge in [0.15, 0.2) is 5.96 Å². The van der Waals surface area contributed by atoms with Gasteiger partial charge < -0.3 is 58.8 Å². The largest absolute Gasteiger partial charge is 0.481 e. The van der Waals surface area contributed by atoms with Gasteiger partial charge in [0.1, 0.15) is 30.2 Å². The number of unbranched alkanes of at least 4 members (excludes halogenated alkanes) is 1. The van der Waals surface area contributed by atoms with Crippen LogP contribution in [-0.4, -0.2) is 124 Å². The van der Waals surface area contributed by atoms with Crippen LogP contribution < -0.4 is 43.8 Å². The van der Waals surface area contributed by atoms with Crippen molar-refractivity contribution in [3.8, 4) is 0 Å². The van der Waals surface area contributed by atoms with Crippen molar-refractivity contribution in [2.75, 3.05) is 31.1 Å². The number of fused-ring (bicyclic) bond motifs is 1. The molecule has 2 saturated heterocycles. The van der Waals surface area contributed by atoms with Crippen LogP contribution in [0.4, 0.5) is 0 Å². The van der Waals surface area contributed by atoms with Crippen LogP contribution in [0.2, 0.25) is 0 Å². The predicted molar refractivity (Wildman–Crippen MR) is 191 cm³/mol. The minimum absolute atomic E-state index is 0.0169. The van der Waals surface area contributed by atoms with E-state index >= 15 is 0 Å². The minimum Gasteiger partial charge on any atom is -0.481 e. The number of carbonyl (C=O) groups excluding carboxylic acids is 7. The molecule has 2 fully saturated rings. The van der Waals surface area contributed by atoms with Gasteiger partial charge >= 0.3 is 5.97 Å². The molecule has 22 heteroatoms. The molecule has 2 aliphatic rings. The summed E-state index contributed by atoms with van der Waals surface area (Å²) >= 11 is 0. The lowest BCUT2D eigenvalue weighted by molar-refractivity contribution is -0.143. The second kappa shape index (κ2) is 20.8. The van der Waals surface area contributed by atoms with Crippen LogP contribution in [0.25, 0.3) is 0 Å². The number of rotatable bonds is 9. The summed E-state index contributed by atoms with van der Waals surface area (Å²) in [6.07, 6.45) is 3.82. The quantitative estimate of drug-likeness (QED) is 0.0517. The van der Waals surface area contributed by atoms with Crippen molar-refractivity contribution in [1.82, 2.24) is 36.5 Å². The van der Waals surface area contributed by atoms with Crippen molar-refractivity contribution in [2.45, 2.75) is 75.2 Å². The number of aromatic nitrogens is 1. The number of nitrogens with two attached hydrogens (primary N) is 3. The highest BCUT2D eigenvalue weighted by molar-refractivity contribution is 8.76. The molecule has 0 spiro atoms. The molecule has 0 bridgehead atoms. The van der Waals surface area contributed by atoms with E-state index in [-0.39, 0.29) is 55.4 Å². The maximum atomic E-state index is 14.0. The Bertz CT molecular complexity index is 1490. The molecular weight excluding hydrogens is 723 g/mol. The number of hydrogen-bond acceptors (Lipinski definition) is 11. The number of carbonyl (C=O) groups is 8. The minimum atomic E-state index is -1.67. The normalized spacial score (nSPS) is 24.7. The number of aliphatic imine (C=N–C) groups is 1. The molecule has 5 unspecified atom stereocenters. The SMILES string of the molecule is NC(=O)C1CSSCCC(=O)NC(CCCCN=C(N)N)C(=O)NCC(=O)NC(CC(=O)O)C(=O)NC(c2cc[nH]c2)C(=O)N2CCCC2C(=O)N1. The third-order valence-electron chi connectivity index (χ3n) is 8.02. The monoisotopic (exact) mass is 767 g/mol. The number of hydrogen-bond donors (Lipinski definition) is 10. The second-order valence-corrected chi connectivity index (χ2v) is 14.6. The molecular formula is C30H45N11O9S2. The number of H-pyrrole nitrogens is 1. The molecule has 52 heavy (non-hydrogen) atoms. The Hall–Kier alpha value is -4.99. The molecule has 0 radical (unpaired) electrons. The molecule has 0 saturated carbocycles. The van der Waals surface area contributed by atoms with Crippen LogP contribution in [0.5, 0.6) is 0 Å². The number of carboxylic acids is 1. The van der Waals surface area contributed by atoms with Crippen molar-refractivity contribution in [1.29, 1.82) is 0 Å². The summed E-state index contributed by atoms with van der Waals surface area (Å²) in [6, 6.07) is -4.73. The summed E-state index contributed by atoms with van der Waals surface area (Å²) < 4.78 is 0. The number of guanidine groups is 1. The van der Waals surface area contributed by atoms with E-state index < -0.39 is 90.5 Å². The summed E-state index contributed by atoms with van der Waals surface area (Å²) in [4.78, 5) is 112. The van der Waals surface area contributed by atoms with Crippen LogP contribution in [0.3, 0.4) is 0 Å². The van der Waals surface area contributed by atoms with E-state index in [0.29, 0.717) is 19.3 Å². The number of nitrogens with zero attached hydrogens (tertiary/aromatic N) is 2. The van der Waals surface area contributed by atoms with E-state index in [1.54, 1.807) is 0 Å². The maximum Gasteiger partial charge on any atom is 0.305 e. The molecule has 286 valence electrons. The average molecular weight is 768 g/mol. The zero-order chi connectivity index (χ0) is 38.2. The van der Waals surface area contributed by atoms with Crippen molar-refractivity contribution in [3.05, 3.63) is 24.0 Å². The summed E-state index contributed by atoms with van der Waals surface area (Å²) in [7, 11) is 2.44. The fourth-order valence-corrected chi connectivity index (χ4v) is 7.58. The van der Waals surface area contributed by atoms with Gasteiger partial charge in [-0.3, -0.25) is 43.3 Å². The van der Waals surface area contributed by atoms with Crippen molar-refractivity contribution in [3.63, 3.8) is 0 Å². The molecule has 20 nitrogen and oxygen atoms in total. The molecule has 3 heterocycles. The highest BCUT2D eigenvalue weighted by Gasteiger charge is 2.40. The van der Waals surface area contributed by atoms with E-state index in [4.69, 9.17) is 17.2 Å². The molecule has 7 amide bonds. The first-order valence-corrected chi connectivity index (χ1v) is 19.0. The number of primary amides is 1. The Morgan fingerprint density at radius 2 is 1.67 bits per heavy atom. The second-order valence-electron chi connectivity index (χ2n) is 12.0. The third kappa shape index (κ3) is 13.3.